The second-order valence-electron chi connectivity index (χ2n) is 12.7. The molecule has 4 aromatic carbocycles. The number of amides is 2. The largest absolute Gasteiger partial charge is 0.494 e. The van der Waals surface area contributed by atoms with Gasteiger partial charge in [-0.05, 0) is 104 Å². The summed E-state index contributed by atoms with van der Waals surface area (Å²) < 4.78 is 40.5. The molecule has 4 rings (SSSR count). The van der Waals surface area contributed by atoms with E-state index in [0.717, 1.165) is 19.1 Å². The third-order valence-corrected chi connectivity index (χ3v) is 9.51. The Kier molecular flexibility index (Phi) is 14.7. The third-order valence-electron chi connectivity index (χ3n) is 8.40. The van der Waals surface area contributed by atoms with Crippen LogP contribution in [0.3, 0.4) is 0 Å². The summed E-state index contributed by atoms with van der Waals surface area (Å²) in [7, 11) is -1.96. The summed E-state index contributed by atoms with van der Waals surface area (Å²) in [5, 5.41) is 5.50. The molecule has 0 heterocycles. The highest BCUT2D eigenvalue weighted by Crippen LogP contribution is 2.30. The molecule has 0 bridgehead atoms. The summed E-state index contributed by atoms with van der Waals surface area (Å²) in [6.45, 7) is 4.18. The molecule has 0 aliphatic carbocycles. The Hall–Kier alpha value is -5.49. The fourth-order valence-electron chi connectivity index (χ4n) is 5.42. The van der Waals surface area contributed by atoms with E-state index in [-0.39, 0.29) is 46.5 Å². The van der Waals surface area contributed by atoms with Crippen molar-refractivity contribution in [2.75, 3.05) is 25.3 Å². The molecule has 0 aromatic heterocycles. The van der Waals surface area contributed by atoms with Gasteiger partial charge in [0.1, 0.15) is 5.75 Å². The molecule has 2 amide bonds. The number of nitrogens with one attached hydrogen (secondary N) is 2. The number of methoxy groups -OCH3 is 1. The number of anilines is 1. The number of sulfone groups is 1. The second-order valence-corrected chi connectivity index (χ2v) is 14.7. The number of hydrogen-bond acceptors (Lipinski definition) is 9. The molecular weight excluding hydrogens is 697 g/mol. The molecule has 280 valence electrons. The zero-order chi connectivity index (χ0) is 38.4. The first-order valence-corrected chi connectivity index (χ1v) is 19.4. The number of benzene rings is 4. The Morgan fingerprint density at radius 3 is 2.13 bits per heavy atom. The normalized spacial score (nSPS) is 11.6. The van der Waals surface area contributed by atoms with Crippen LogP contribution in [-0.2, 0) is 32.3 Å². The number of hydrogen-bond donors (Lipinski definition) is 2. The van der Waals surface area contributed by atoms with E-state index in [1.54, 1.807) is 66.7 Å². The maximum absolute atomic E-state index is 13.1. The minimum Gasteiger partial charge on any atom is -0.494 e. The van der Waals surface area contributed by atoms with Gasteiger partial charge in [0.05, 0.1) is 36.6 Å². The number of ether oxygens (including phenoxy) is 3. The van der Waals surface area contributed by atoms with Gasteiger partial charge in [-0.25, -0.2) is 13.2 Å². The molecule has 1 unspecified atom stereocenters. The summed E-state index contributed by atoms with van der Waals surface area (Å²) >= 11 is 0. The van der Waals surface area contributed by atoms with Gasteiger partial charge in [-0.2, -0.15) is 0 Å². The zero-order valence-electron chi connectivity index (χ0n) is 30.5. The van der Waals surface area contributed by atoms with E-state index in [0.29, 0.717) is 34.7 Å². The van der Waals surface area contributed by atoms with E-state index >= 15 is 0 Å². The van der Waals surface area contributed by atoms with Crippen molar-refractivity contribution in [3.63, 3.8) is 0 Å². The first-order valence-electron chi connectivity index (χ1n) is 17.5. The number of unbranched alkanes of at least 4 members (excludes halogenated alkanes) is 4. The molecule has 0 aliphatic heterocycles. The van der Waals surface area contributed by atoms with E-state index in [9.17, 15) is 27.6 Å². The topological polar surface area (TPSA) is 154 Å². The van der Waals surface area contributed by atoms with Gasteiger partial charge in [0.2, 0.25) is 5.91 Å². The standard InChI is InChI=1S/C41H46N2O9S/c1-5-6-7-8-9-23-51-34-20-16-32(17-21-34)41(47)52-37-22-13-30(26-38(37)50-3)25-36(28(2)44)43-40(46)31-14-18-33(19-15-31)42-39(45)27-29-11-10-12-35(24-29)53(4,48)49/h10-22,24,26,36H,5-9,23,25,27H2,1-4H3,(H,42,45)(H,43,46). The summed E-state index contributed by atoms with van der Waals surface area (Å²) in [6, 6.07) is 23.2. The number of Topliss-reactive ketones (excluding diaryl/α,β-unsaturated/α-hetero) is 1. The Balaban J connectivity index is 1.31. The number of ketones is 1. The first-order chi connectivity index (χ1) is 25.4. The molecule has 11 nitrogen and oxygen atoms in total. The van der Waals surface area contributed by atoms with Gasteiger partial charge in [-0.1, -0.05) is 50.8 Å². The van der Waals surface area contributed by atoms with Crippen LogP contribution in [0.4, 0.5) is 5.69 Å². The SMILES string of the molecule is CCCCCCCOc1ccc(C(=O)Oc2ccc(CC(NC(=O)c3ccc(NC(=O)Cc4cccc(S(C)(=O)=O)c4)cc3)C(C)=O)cc2OC)cc1. The minimum absolute atomic E-state index is 0.0386. The molecule has 2 N–H and O–H groups in total. The van der Waals surface area contributed by atoms with Crippen LogP contribution in [0.25, 0.3) is 0 Å². The van der Waals surface area contributed by atoms with Crippen molar-refractivity contribution >= 4 is 39.1 Å². The summed E-state index contributed by atoms with van der Waals surface area (Å²) in [5.41, 5.74) is 2.27. The molecule has 0 fully saturated rings. The second kappa shape index (κ2) is 19.4. The average Bonchev–Trinajstić information content (AvgIpc) is 3.13. The quantitative estimate of drug-likeness (QED) is 0.0601. The number of carbonyl (C=O) groups excluding carboxylic acids is 4. The Labute approximate surface area is 311 Å². The third kappa shape index (κ3) is 12.6. The zero-order valence-corrected chi connectivity index (χ0v) is 31.3. The molecule has 0 saturated carbocycles. The van der Waals surface area contributed by atoms with Gasteiger partial charge < -0.3 is 24.8 Å². The lowest BCUT2D eigenvalue weighted by Gasteiger charge is -2.17. The van der Waals surface area contributed by atoms with Crippen LogP contribution < -0.4 is 24.8 Å². The Morgan fingerprint density at radius 2 is 1.47 bits per heavy atom. The maximum atomic E-state index is 13.1. The fourth-order valence-corrected chi connectivity index (χ4v) is 6.11. The fraction of sp³-hybridized carbons (Fsp3) is 0.317. The highest BCUT2D eigenvalue weighted by Gasteiger charge is 2.21. The minimum atomic E-state index is -3.40. The van der Waals surface area contributed by atoms with Crippen LogP contribution in [0.15, 0.2) is 95.9 Å². The number of esters is 1. The van der Waals surface area contributed by atoms with Gasteiger partial charge in [-0.15, -0.1) is 0 Å². The number of carbonyl (C=O) groups is 4. The van der Waals surface area contributed by atoms with Gasteiger partial charge in [0.15, 0.2) is 27.1 Å². The molecule has 53 heavy (non-hydrogen) atoms. The van der Waals surface area contributed by atoms with Crippen LogP contribution >= 0.6 is 0 Å². The summed E-state index contributed by atoms with van der Waals surface area (Å²) in [4.78, 5) is 51.3. The molecule has 0 radical (unpaired) electrons. The molecule has 0 spiro atoms. The smallest absolute Gasteiger partial charge is 0.343 e. The van der Waals surface area contributed by atoms with Crippen LogP contribution in [0, 0.1) is 0 Å². The van der Waals surface area contributed by atoms with Gasteiger partial charge in [0, 0.05) is 17.5 Å². The van der Waals surface area contributed by atoms with Crippen LogP contribution in [0.2, 0.25) is 0 Å². The Bertz CT molecular complexity index is 1990. The average molecular weight is 743 g/mol. The predicted octanol–water partition coefficient (Wildman–Crippen LogP) is 6.78. The van der Waals surface area contributed by atoms with Crippen molar-refractivity contribution in [1.29, 1.82) is 0 Å². The Morgan fingerprint density at radius 1 is 0.774 bits per heavy atom. The van der Waals surface area contributed by atoms with Crippen molar-refractivity contribution in [3.05, 3.63) is 113 Å². The van der Waals surface area contributed by atoms with E-state index in [1.807, 2.05) is 0 Å². The predicted molar refractivity (Wildman–Crippen MR) is 203 cm³/mol. The molecule has 0 aliphatic rings. The molecule has 12 heteroatoms. The summed E-state index contributed by atoms with van der Waals surface area (Å²) in [5.74, 6) is -0.507. The van der Waals surface area contributed by atoms with Crippen molar-refractivity contribution < 1.29 is 41.8 Å². The molecule has 4 aromatic rings. The molecule has 0 saturated heterocycles. The monoisotopic (exact) mass is 742 g/mol. The summed E-state index contributed by atoms with van der Waals surface area (Å²) in [6.07, 6.45) is 6.93. The molecular formula is C41H46N2O9S. The van der Waals surface area contributed by atoms with Crippen LogP contribution in [-0.4, -0.2) is 58.0 Å². The first kappa shape index (κ1) is 40.3. The van der Waals surface area contributed by atoms with Crippen molar-refractivity contribution in [2.45, 2.75) is 69.7 Å². The molecule has 1 atom stereocenters. The lowest BCUT2D eigenvalue weighted by molar-refractivity contribution is -0.119. The lowest BCUT2D eigenvalue weighted by Crippen LogP contribution is -2.41. The van der Waals surface area contributed by atoms with Gasteiger partial charge >= 0.3 is 5.97 Å². The van der Waals surface area contributed by atoms with E-state index in [1.165, 1.54) is 57.6 Å². The lowest BCUT2D eigenvalue weighted by atomic mass is 10.0. The van der Waals surface area contributed by atoms with Crippen LogP contribution in [0.5, 0.6) is 17.2 Å². The number of rotatable bonds is 19. The van der Waals surface area contributed by atoms with Crippen molar-refractivity contribution in [2.24, 2.45) is 0 Å². The van der Waals surface area contributed by atoms with Gasteiger partial charge in [0.25, 0.3) is 5.91 Å². The van der Waals surface area contributed by atoms with Crippen LogP contribution in [0.1, 0.15) is 77.8 Å². The van der Waals surface area contributed by atoms with Gasteiger partial charge in [-0.3, -0.25) is 14.4 Å². The highest BCUT2D eigenvalue weighted by atomic mass is 32.2. The van der Waals surface area contributed by atoms with E-state index in [2.05, 4.69) is 17.6 Å². The van der Waals surface area contributed by atoms with E-state index in [4.69, 9.17) is 14.2 Å². The van der Waals surface area contributed by atoms with Crippen molar-refractivity contribution in [1.82, 2.24) is 5.32 Å². The van der Waals surface area contributed by atoms with Crippen molar-refractivity contribution in [3.8, 4) is 17.2 Å². The van der Waals surface area contributed by atoms with E-state index < -0.39 is 27.8 Å². The maximum Gasteiger partial charge on any atom is 0.343 e. The highest BCUT2D eigenvalue weighted by molar-refractivity contribution is 7.90.